The summed E-state index contributed by atoms with van der Waals surface area (Å²) in [6.07, 6.45) is 2.08. The molecule has 1 aromatic carbocycles. The van der Waals surface area contributed by atoms with Crippen LogP contribution in [0.15, 0.2) is 35.3 Å². The topological polar surface area (TPSA) is 79.5 Å². The molecule has 1 aromatic heterocycles. The Morgan fingerprint density at radius 1 is 1.22 bits per heavy atom. The van der Waals surface area contributed by atoms with Gasteiger partial charge in [0.25, 0.3) is 5.91 Å². The van der Waals surface area contributed by atoms with Gasteiger partial charge in [-0.15, -0.1) is 0 Å². The average Bonchev–Trinajstić information content (AvgIpc) is 2.55. The summed E-state index contributed by atoms with van der Waals surface area (Å²) in [6, 6.07) is 6.99. The molecule has 0 fully saturated rings. The lowest BCUT2D eigenvalue weighted by molar-refractivity contribution is -0.143. The summed E-state index contributed by atoms with van der Waals surface area (Å²) < 4.78 is 4.89. The Morgan fingerprint density at radius 2 is 1.96 bits per heavy atom. The molecule has 2 aromatic rings. The number of esters is 1. The maximum atomic E-state index is 12.6. The fourth-order valence-electron chi connectivity index (χ4n) is 2.38. The van der Waals surface area contributed by atoms with E-state index in [1.807, 2.05) is 13.0 Å². The fraction of sp³-hybridized carbons (Fsp3) is 0.353. The number of benzene rings is 1. The third kappa shape index (κ3) is 3.77. The van der Waals surface area contributed by atoms with Gasteiger partial charge < -0.3 is 14.6 Å². The smallest absolute Gasteiger partial charge is 0.325 e. The normalized spacial score (nSPS) is 10.5. The summed E-state index contributed by atoms with van der Waals surface area (Å²) in [5.41, 5.74) is 0.359. The van der Waals surface area contributed by atoms with Gasteiger partial charge >= 0.3 is 5.97 Å². The third-order valence-corrected chi connectivity index (χ3v) is 3.42. The first-order chi connectivity index (χ1) is 11.1. The zero-order valence-electron chi connectivity index (χ0n) is 13.3. The molecule has 1 heterocycles. The molecule has 122 valence electrons. The Balaban J connectivity index is 2.34. The number of aromatic amines is 1. The largest absolute Gasteiger partial charge is 0.465 e. The molecule has 1 N–H and O–H groups in total. The summed E-state index contributed by atoms with van der Waals surface area (Å²) in [5.74, 6) is -0.946. The molecule has 0 radical (unpaired) electrons. The Morgan fingerprint density at radius 3 is 2.65 bits per heavy atom. The van der Waals surface area contributed by atoms with Crippen molar-refractivity contribution in [3.63, 3.8) is 0 Å². The highest BCUT2D eigenvalue weighted by atomic mass is 16.5. The number of carbonyl (C=O) groups excluding carboxylic acids is 2. The lowest BCUT2D eigenvalue weighted by Crippen LogP contribution is -2.39. The summed E-state index contributed by atoms with van der Waals surface area (Å²) in [7, 11) is 0. The molecule has 0 unspecified atom stereocenters. The zero-order valence-corrected chi connectivity index (χ0v) is 13.3. The number of nitrogens with one attached hydrogen (secondary N) is 1. The van der Waals surface area contributed by atoms with Crippen LogP contribution in [0.25, 0.3) is 10.9 Å². The molecule has 6 heteroatoms. The molecule has 0 aliphatic carbocycles. The minimum atomic E-state index is -0.480. The summed E-state index contributed by atoms with van der Waals surface area (Å²) in [6.45, 7) is 4.08. The number of pyridine rings is 1. The lowest BCUT2D eigenvalue weighted by Gasteiger charge is -2.20. The minimum Gasteiger partial charge on any atom is -0.465 e. The number of nitrogens with zero attached hydrogens (tertiary/aromatic N) is 1. The molecule has 1 amide bonds. The van der Waals surface area contributed by atoms with Crippen molar-refractivity contribution in [1.29, 1.82) is 0 Å². The molecule has 0 aliphatic rings. The van der Waals surface area contributed by atoms with Gasteiger partial charge in [-0.05, 0) is 25.5 Å². The number of rotatable bonds is 6. The zero-order chi connectivity index (χ0) is 16.8. The molecule has 0 bridgehead atoms. The van der Waals surface area contributed by atoms with Gasteiger partial charge in [-0.1, -0.05) is 19.1 Å². The quantitative estimate of drug-likeness (QED) is 0.826. The van der Waals surface area contributed by atoms with Gasteiger partial charge in [0, 0.05) is 23.6 Å². The SMILES string of the molecule is CCCN(CC(=O)OCC)C(=O)c1c[nH]c2ccccc2c1=O. The second-order valence-electron chi connectivity index (χ2n) is 5.11. The fourth-order valence-corrected chi connectivity index (χ4v) is 2.38. The van der Waals surface area contributed by atoms with Crippen LogP contribution >= 0.6 is 0 Å². The molecule has 0 saturated carbocycles. The summed E-state index contributed by atoms with van der Waals surface area (Å²) in [5, 5.41) is 0.450. The Labute approximate surface area is 134 Å². The predicted molar refractivity (Wildman–Crippen MR) is 87.4 cm³/mol. The highest BCUT2D eigenvalue weighted by Crippen LogP contribution is 2.09. The number of hydrogen-bond donors (Lipinski definition) is 1. The van der Waals surface area contributed by atoms with Crippen LogP contribution in [-0.4, -0.2) is 41.5 Å². The molecule has 2 rings (SSSR count). The van der Waals surface area contributed by atoms with E-state index in [0.29, 0.717) is 23.9 Å². The number of H-pyrrole nitrogens is 1. The number of hydrogen-bond acceptors (Lipinski definition) is 4. The van der Waals surface area contributed by atoms with Crippen molar-refractivity contribution in [2.75, 3.05) is 19.7 Å². The number of fused-ring (bicyclic) bond motifs is 1. The molecule has 0 aliphatic heterocycles. The Kier molecular flexibility index (Phi) is 5.51. The Hall–Kier alpha value is -2.63. The predicted octanol–water partition coefficient (Wildman–Crippen LogP) is 1.94. The van der Waals surface area contributed by atoms with Crippen LogP contribution in [0.5, 0.6) is 0 Å². The maximum Gasteiger partial charge on any atom is 0.325 e. The average molecular weight is 316 g/mol. The van der Waals surface area contributed by atoms with E-state index >= 15 is 0 Å². The van der Waals surface area contributed by atoms with Crippen LogP contribution in [0.2, 0.25) is 0 Å². The van der Waals surface area contributed by atoms with E-state index in [0.717, 1.165) is 0 Å². The number of ether oxygens (including phenoxy) is 1. The molecule has 6 nitrogen and oxygen atoms in total. The van der Waals surface area contributed by atoms with Gasteiger partial charge in [0.15, 0.2) is 0 Å². The number of para-hydroxylation sites is 1. The molecule has 0 spiro atoms. The van der Waals surface area contributed by atoms with Crippen LogP contribution in [0.3, 0.4) is 0 Å². The van der Waals surface area contributed by atoms with Gasteiger partial charge in [0.05, 0.1) is 6.61 Å². The number of amides is 1. The van der Waals surface area contributed by atoms with Crippen molar-refractivity contribution >= 4 is 22.8 Å². The van der Waals surface area contributed by atoms with Crippen molar-refractivity contribution < 1.29 is 14.3 Å². The minimum absolute atomic E-state index is 0.0291. The van der Waals surface area contributed by atoms with Crippen LogP contribution in [-0.2, 0) is 9.53 Å². The second-order valence-corrected chi connectivity index (χ2v) is 5.11. The molecule has 0 atom stereocenters. The van der Waals surface area contributed by atoms with E-state index in [-0.39, 0.29) is 24.1 Å². The second kappa shape index (κ2) is 7.58. The van der Waals surface area contributed by atoms with Gasteiger partial charge in [-0.3, -0.25) is 14.4 Å². The van der Waals surface area contributed by atoms with Gasteiger partial charge in [0.1, 0.15) is 12.1 Å². The van der Waals surface area contributed by atoms with E-state index < -0.39 is 11.9 Å². The van der Waals surface area contributed by atoms with Crippen molar-refractivity contribution in [2.24, 2.45) is 0 Å². The van der Waals surface area contributed by atoms with Gasteiger partial charge in [-0.2, -0.15) is 0 Å². The van der Waals surface area contributed by atoms with Crippen molar-refractivity contribution in [3.05, 3.63) is 46.2 Å². The van der Waals surface area contributed by atoms with Crippen LogP contribution in [0, 0.1) is 0 Å². The van der Waals surface area contributed by atoms with Crippen LogP contribution in [0.1, 0.15) is 30.6 Å². The first kappa shape index (κ1) is 16.7. The van der Waals surface area contributed by atoms with Crippen molar-refractivity contribution in [1.82, 2.24) is 9.88 Å². The highest BCUT2D eigenvalue weighted by molar-refractivity contribution is 5.98. The summed E-state index contributed by atoms with van der Waals surface area (Å²) in [4.78, 5) is 41.1. The van der Waals surface area contributed by atoms with E-state index in [1.54, 1.807) is 25.1 Å². The van der Waals surface area contributed by atoms with E-state index in [4.69, 9.17) is 4.74 Å². The Bertz CT molecular complexity index is 767. The molecular formula is C17H20N2O4. The molecular weight excluding hydrogens is 296 g/mol. The van der Waals surface area contributed by atoms with Gasteiger partial charge in [0.2, 0.25) is 5.43 Å². The number of aromatic nitrogens is 1. The van der Waals surface area contributed by atoms with E-state index in [2.05, 4.69) is 4.98 Å². The number of carbonyl (C=O) groups is 2. The van der Waals surface area contributed by atoms with Crippen LogP contribution < -0.4 is 5.43 Å². The highest BCUT2D eigenvalue weighted by Gasteiger charge is 2.22. The summed E-state index contributed by atoms with van der Waals surface area (Å²) >= 11 is 0. The standard InChI is InChI=1S/C17H20N2O4/c1-3-9-19(11-15(20)23-4-2)17(22)13-10-18-14-8-6-5-7-12(14)16(13)21/h5-8,10H,3-4,9,11H2,1-2H3,(H,18,21). The monoisotopic (exact) mass is 316 g/mol. The van der Waals surface area contributed by atoms with Crippen LogP contribution in [0.4, 0.5) is 0 Å². The van der Waals surface area contributed by atoms with Crippen molar-refractivity contribution in [2.45, 2.75) is 20.3 Å². The third-order valence-electron chi connectivity index (χ3n) is 3.42. The van der Waals surface area contributed by atoms with Gasteiger partial charge in [-0.25, -0.2) is 0 Å². The van der Waals surface area contributed by atoms with E-state index in [9.17, 15) is 14.4 Å². The van der Waals surface area contributed by atoms with E-state index in [1.165, 1.54) is 11.1 Å². The maximum absolute atomic E-state index is 12.6. The molecule has 0 saturated heterocycles. The first-order valence-corrected chi connectivity index (χ1v) is 7.63. The van der Waals surface area contributed by atoms with Crippen molar-refractivity contribution in [3.8, 4) is 0 Å². The lowest BCUT2D eigenvalue weighted by atomic mass is 10.1. The molecule has 23 heavy (non-hydrogen) atoms. The first-order valence-electron chi connectivity index (χ1n) is 7.63.